The van der Waals surface area contributed by atoms with Crippen LogP contribution >= 0.6 is 23.2 Å². The molecule has 0 radical (unpaired) electrons. The smallest absolute Gasteiger partial charge is 0.270 e. The zero-order valence-corrected chi connectivity index (χ0v) is 20.5. The molecular formula is C21H18Cl2N4O4S2. The number of rotatable bonds is 5. The fourth-order valence-corrected chi connectivity index (χ4v) is 6.24. The monoisotopic (exact) mass is 524 g/mol. The van der Waals surface area contributed by atoms with Crippen molar-refractivity contribution in [3.63, 3.8) is 0 Å². The van der Waals surface area contributed by atoms with Crippen LogP contribution in [0.3, 0.4) is 0 Å². The highest BCUT2D eigenvalue weighted by atomic mass is 35.5. The van der Waals surface area contributed by atoms with Crippen LogP contribution in [0.4, 0.5) is 11.4 Å². The van der Waals surface area contributed by atoms with E-state index in [0.717, 1.165) is 10.4 Å². The number of anilines is 2. The molecule has 0 saturated heterocycles. The van der Waals surface area contributed by atoms with Gasteiger partial charge < -0.3 is 4.98 Å². The Morgan fingerprint density at radius 1 is 0.909 bits per heavy atom. The van der Waals surface area contributed by atoms with E-state index >= 15 is 0 Å². The summed E-state index contributed by atoms with van der Waals surface area (Å²) in [6.07, 6.45) is 1.27. The third kappa shape index (κ3) is 4.09. The Balaban J connectivity index is 2.12. The second-order valence-corrected chi connectivity index (χ2v) is 11.4. The van der Waals surface area contributed by atoms with E-state index in [0.29, 0.717) is 21.2 Å². The first-order chi connectivity index (χ1) is 15.4. The maximum absolute atomic E-state index is 14.2. The second kappa shape index (κ2) is 8.30. The minimum Gasteiger partial charge on any atom is -0.345 e. The van der Waals surface area contributed by atoms with Gasteiger partial charge in [-0.2, -0.15) is 0 Å². The molecule has 0 spiro atoms. The lowest BCUT2D eigenvalue weighted by molar-refractivity contribution is 0.595. The summed E-state index contributed by atoms with van der Waals surface area (Å²) in [6.45, 7) is 3.37. The van der Waals surface area contributed by atoms with Crippen LogP contribution in [0.25, 0.3) is 11.0 Å². The van der Waals surface area contributed by atoms with Gasteiger partial charge in [0.15, 0.2) is 0 Å². The fourth-order valence-electron chi connectivity index (χ4n) is 3.47. The predicted molar refractivity (Wildman–Crippen MR) is 129 cm³/mol. The molecular weight excluding hydrogens is 507 g/mol. The Bertz CT molecular complexity index is 1570. The highest BCUT2D eigenvalue weighted by molar-refractivity contribution is 7.93. The van der Waals surface area contributed by atoms with Crippen molar-refractivity contribution in [1.29, 1.82) is 0 Å². The molecule has 0 fully saturated rings. The molecule has 0 saturated carbocycles. The number of hydrogen-bond donors (Lipinski definition) is 2. The van der Waals surface area contributed by atoms with Crippen LogP contribution in [0.15, 0.2) is 64.6 Å². The van der Waals surface area contributed by atoms with E-state index in [2.05, 4.69) is 9.97 Å². The molecule has 3 N–H and O–H groups in total. The van der Waals surface area contributed by atoms with Gasteiger partial charge in [0.25, 0.3) is 10.0 Å². The molecule has 172 valence electrons. The Hall–Kier alpha value is -2.63. The van der Waals surface area contributed by atoms with E-state index in [1.54, 1.807) is 50.2 Å². The number of primary sulfonamides is 1. The quantitative estimate of drug-likeness (QED) is 0.392. The molecule has 0 aliphatic heterocycles. The largest absolute Gasteiger partial charge is 0.345 e. The van der Waals surface area contributed by atoms with Gasteiger partial charge in [0.2, 0.25) is 10.0 Å². The molecule has 4 rings (SSSR count). The highest BCUT2D eigenvalue weighted by Crippen LogP contribution is 2.41. The number of H-pyrrole nitrogens is 1. The van der Waals surface area contributed by atoms with Crippen molar-refractivity contribution in [3.05, 3.63) is 76.0 Å². The molecule has 0 aliphatic carbocycles. The zero-order valence-electron chi connectivity index (χ0n) is 17.4. The van der Waals surface area contributed by atoms with Crippen LogP contribution in [-0.2, 0) is 20.0 Å². The van der Waals surface area contributed by atoms with Gasteiger partial charge in [-0.1, -0.05) is 35.3 Å². The number of aromatic amines is 1. The molecule has 1 aromatic heterocycles. The summed E-state index contributed by atoms with van der Waals surface area (Å²) in [7, 11) is -8.66. The van der Waals surface area contributed by atoms with E-state index in [1.807, 2.05) is 0 Å². The lowest BCUT2D eigenvalue weighted by atomic mass is 10.1. The SMILES string of the molecule is Cc1c(Cl)cccc1N(c1cccc(Cl)c1C)S(=O)(=O)c1cc(S(N)(=O)=O)cc2[nH]cnc12. The van der Waals surface area contributed by atoms with Crippen molar-refractivity contribution >= 4 is 65.7 Å². The third-order valence-electron chi connectivity index (χ3n) is 5.22. The maximum atomic E-state index is 14.2. The first-order valence-electron chi connectivity index (χ1n) is 9.48. The minimum absolute atomic E-state index is 0.0618. The summed E-state index contributed by atoms with van der Waals surface area (Å²) in [6, 6.07) is 12.0. The summed E-state index contributed by atoms with van der Waals surface area (Å²) >= 11 is 12.6. The predicted octanol–water partition coefficient (Wildman–Crippen LogP) is 4.66. The van der Waals surface area contributed by atoms with Gasteiger partial charge in [0, 0.05) is 10.0 Å². The van der Waals surface area contributed by atoms with Crippen molar-refractivity contribution in [1.82, 2.24) is 9.97 Å². The van der Waals surface area contributed by atoms with Gasteiger partial charge in [0.1, 0.15) is 10.4 Å². The standard InChI is InChI=1S/C21H18Cl2N4O4S2/c1-12-15(22)5-3-7-18(12)27(19-8-4-6-16(23)13(19)2)33(30,31)20-10-14(32(24,28)29)9-17-21(20)26-11-25-17/h3-11H,1-2H3,(H,25,26)(H2,24,28,29). The van der Waals surface area contributed by atoms with Crippen molar-refractivity contribution in [2.24, 2.45) is 5.14 Å². The normalized spacial score (nSPS) is 12.3. The van der Waals surface area contributed by atoms with Gasteiger partial charge in [-0.15, -0.1) is 0 Å². The number of halogens is 2. The number of nitrogens with two attached hydrogens (primary N) is 1. The Morgan fingerprint density at radius 3 is 1.97 bits per heavy atom. The average molecular weight is 525 g/mol. The number of nitrogens with zero attached hydrogens (tertiary/aromatic N) is 2. The van der Waals surface area contributed by atoms with Crippen LogP contribution in [0.2, 0.25) is 10.0 Å². The molecule has 0 atom stereocenters. The fraction of sp³-hybridized carbons (Fsp3) is 0.0952. The first kappa shape index (κ1) is 23.5. The number of benzene rings is 3. The van der Waals surface area contributed by atoms with E-state index in [-0.39, 0.29) is 32.2 Å². The average Bonchev–Trinajstić information content (AvgIpc) is 3.21. The third-order valence-corrected chi connectivity index (χ3v) is 8.68. The molecule has 0 bridgehead atoms. The van der Waals surface area contributed by atoms with Gasteiger partial charge in [-0.3, -0.25) is 0 Å². The number of nitrogens with one attached hydrogen (secondary N) is 1. The summed E-state index contributed by atoms with van der Waals surface area (Å²) in [5.41, 5.74) is 1.82. The molecule has 8 nitrogen and oxygen atoms in total. The van der Waals surface area contributed by atoms with E-state index in [1.165, 1.54) is 12.4 Å². The van der Waals surface area contributed by atoms with Gasteiger partial charge >= 0.3 is 0 Å². The molecule has 12 heteroatoms. The molecule has 33 heavy (non-hydrogen) atoms. The van der Waals surface area contributed by atoms with Crippen molar-refractivity contribution in [3.8, 4) is 0 Å². The van der Waals surface area contributed by atoms with Gasteiger partial charge in [-0.25, -0.2) is 31.3 Å². The van der Waals surface area contributed by atoms with E-state index in [4.69, 9.17) is 28.3 Å². The van der Waals surface area contributed by atoms with Crippen LogP contribution in [0, 0.1) is 13.8 Å². The molecule has 4 aromatic rings. The molecule has 0 aliphatic rings. The summed E-state index contributed by atoms with van der Waals surface area (Å²) < 4.78 is 53.7. The molecule has 1 heterocycles. The zero-order chi connectivity index (χ0) is 24.1. The Morgan fingerprint density at radius 2 is 1.45 bits per heavy atom. The number of imidazole rings is 1. The number of aromatic nitrogens is 2. The Kier molecular flexibility index (Phi) is 5.92. The van der Waals surface area contributed by atoms with E-state index in [9.17, 15) is 16.8 Å². The van der Waals surface area contributed by atoms with Crippen molar-refractivity contribution in [2.75, 3.05) is 4.31 Å². The van der Waals surface area contributed by atoms with Crippen molar-refractivity contribution < 1.29 is 16.8 Å². The maximum Gasteiger partial charge on any atom is 0.270 e. The van der Waals surface area contributed by atoms with Crippen LogP contribution in [0.1, 0.15) is 11.1 Å². The Labute approximate surface area is 201 Å². The van der Waals surface area contributed by atoms with E-state index < -0.39 is 20.0 Å². The van der Waals surface area contributed by atoms with Crippen LogP contribution in [-0.4, -0.2) is 26.8 Å². The lowest BCUT2D eigenvalue weighted by Gasteiger charge is -2.28. The van der Waals surface area contributed by atoms with Gasteiger partial charge in [-0.05, 0) is 61.4 Å². The summed E-state index contributed by atoms with van der Waals surface area (Å²) in [5.74, 6) is 0. The number of hydrogen-bond acceptors (Lipinski definition) is 5. The van der Waals surface area contributed by atoms with Crippen molar-refractivity contribution in [2.45, 2.75) is 23.6 Å². The summed E-state index contributed by atoms with van der Waals surface area (Å²) in [5, 5.41) is 6.02. The first-order valence-corrected chi connectivity index (χ1v) is 13.2. The number of fused-ring (bicyclic) bond motifs is 1. The molecule has 0 amide bonds. The topological polar surface area (TPSA) is 126 Å². The van der Waals surface area contributed by atoms with Crippen LogP contribution in [0.5, 0.6) is 0 Å². The molecule has 0 unspecified atom stereocenters. The number of sulfonamides is 2. The minimum atomic E-state index is -4.45. The molecule has 3 aromatic carbocycles. The summed E-state index contributed by atoms with van der Waals surface area (Å²) in [4.78, 5) is 6.14. The van der Waals surface area contributed by atoms with Gasteiger partial charge in [0.05, 0.1) is 28.1 Å². The van der Waals surface area contributed by atoms with Crippen LogP contribution < -0.4 is 9.44 Å². The second-order valence-electron chi connectivity index (χ2n) is 7.30. The lowest BCUT2D eigenvalue weighted by Crippen LogP contribution is -2.28. The highest BCUT2D eigenvalue weighted by Gasteiger charge is 2.33.